The number of imidazole rings is 1. The van der Waals surface area contributed by atoms with Crippen LogP contribution in [0.2, 0.25) is 0 Å². The number of aromatic nitrogens is 3. The average molecular weight is 238 g/mol. The fourth-order valence-electron chi connectivity index (χ4n) is 1.99. The van der Waals surface area contributed by atoms with Gasteiger partial charge in [0, 0.05) is 24.8 Å². The van der Waals surface area contributed by atoms with Gasteiger partial charge in [-0.3, -0.25) is 4.98 Å². The highest BCUT2D eigenvalue weighted by molar-refractivity contribution is 5.90. The molecule has 18 heavy (non-hydrogen) atoms. The summed E-state index contributed by atoms with van der Waals surface area (Å²) < 4.78 is 2.01. The van der Waals surface area contributed by atoms with Crippen molar-refractivity contribution >= 4 is 16.6 Å². The lowest BCUT2D eigenvalue weighted by Crippen LogP contribution is -2.04. The van der Waals surface area contributed by atoms with Crippen molar-refractivity contribution in [2.75, 3.05) is 5.32 Å². The molecule has 1 N–H and O–H groups in total. The number of rotatable bonds is 3. The number of hydrogen-bond donors (Lipinski definition) is 1. The first kappa shape index (κ1) is 10.8. The zero-order valence-electron chi connectivity index (χ0n) is 10.2. The van der Waals surface area contributed by atoms with Gasteiger partial charge in [-0.2, -0.15) is 0 Å². The third-order valence-corrected chi connectivity index (χ3v) is 3.01. The predicted octanol–water partition coefficient (Wildman–Crippen LogP) is 2.58. The Morgan fingerprint density at radius 1 is 1.22 bits per heavy atom. The van der Waals surface area contributed by atoms with Gasteiger partial charge in [0.1, 0.15) is 0 Å². The van der Waals surface area contributed by atoms with Gasteiger partial charge in [0.15, 0.2) is 0 Å². The Morgan fingerprint density at radius 3 is 2.94 bits per heavy atom. The maximum absolute atomic E-state index is 4.42. The van der Waals surface area contributed by atoms with Crippen molar-refractivity contribution < 1.29 is 0 Å². The van der Waals surface area contributed by atoms with Crippen LogP contribution in [-0.4, -0.2) is 14.5 Å². The molecule has 3 rings (SSSR count). The minimum Gasteiger partial charge on any atom is -0.378 e. The van der Waals surface area contributed by atoms with Crippen molar-refractivity contribution in [2.24, 2.45) is 7.05 Å². The zero-order chi connectivity index (χ0) is 12.4. The molecule has 2 heterocycles. The molecule has 0 amide bonds. The van der Waals surface area contributed by atoms with Crippen LogP contribution >= 0.6 is 0 Å². The van der Waals surface area contributed by atoms with Crippen LogP contribution in [0.3, 0.4) is 0 Å². The number of nitrogens with zero attached hydrogens (tertiary/aromatic N) is 3. The molecule has 0 bridgehead atoms. The smallest absolute Gasteiger partial charge is 0.0946 e. The number of aryl methyl sites for hydroxylation is 1. The summed E-state index contributed by atoms with van der Waals surface area (Å²) in [4.78, 5) is 8.52. The summed E-state index contributed by atoms with van der Waals surface area (Å²) in [5, 5.41) is 4.55. The molecule has 0 atom stereocenters. The Bertz CT molecular complexity index is 667. The quantitative estimate of drug-likeness (QED) is 0.762. The van der Waals surface area contributed by atoms with Gasteiger partial charge in [-0.25, -0.2) is 4.98 Å². The lowest BCUT2D eigenvalue weighted by molar-refractivity contribution is 0.838. The van der Waals surface area contributed by atoms with E-state index in [0.717, 1.165) is 28.8 Å². The Labute approximate surface area is 105 Å². The van der Waals surface area contributed by atoms with E-state index in [1.807, 2.05) is 42.2 Å². The second-order valence-corrected chi connectivity index (χ2v) is 4.23. The van der Waals surface area contributed by atoms with Crippen LogP contribution in [-0.2, 0) is 13.6 Å². The molecule has 90 valence electrons. The lowest BCUT2D eigenvalue weighted by Gasteiger charge is -2.09. The first-order chi connectivity index (χ1) is 8.84. The van der Waals surface area contributed by atoms with E-state index in [-0.39, 0.29) is 0 Å². The first-order valence-electron chi connectivity index (χ1n) is 5.87. The molecule has 0 saturated carbocycles. The molecule has 0 aliphatic heterocycles. The molecule has 0 aliphatic rings. The molecule has 2 aromatic heterocycles. The number of hydrogen-bond acceptors (Lipinski definition) is 3. The van der Waals surface area contributed by atoms with Crippen molar-refractivity contribution in [2.45, 2.75) is 6.54 Å². The second kappa shape index (κ2) is 4.49. The molecule has 0 spiro atoms. The summed E-state index contributed by atoms with van der Waals surface area (Å²) in [6.07, 6.45) is 5.49. The summed E-state index contributed by atoms with van der Waals surface area (Å²) in [6.45, 7) is 0.742. The zero-order valence-corrected chi connectivity index (χ0v) is 10.2. The number of fused-ring (bicyclic) bond motifs is 1. The Balaban J connectivity index is 1.89. The van der Waals surface area contributed by atoms with Gasteiger partial charge in [-0.1, -0.05) is 18.2 Å². The van der Waals surface area contributed by atoms with Crippen LogP contribution < -0.4 is 5.32 Å². The predicted molar refractivity (Wildman–Crippen MR) is 72.3 cm³/mol. The molecule has 4 nitrogen and oxygen atoms in total. The molecule has 0 unspecified atom stereocenters. The van der Waals surface area contributed by atoms with Gasteiger partial charge >= 0.3 is 0 Å². The largest absolute Gasteiger partial charge is 0.378 e. The second-order valence-electron chi connectivity index (χ2n) is 4.23. The maximum Gasteiger partial charge on any atom is 0.0946 e. The van der Waals surface area contributed by atoms with Gasteiger partial charge in [0.25, 0.3) is 0 Å². The Morgan fingerprint density at radius 2 is 2.11 bits per heavy atom. The van der Waals surface area contributed by atoms with E-state index in [0.29, 0.717) is 0 Å². The van der Waals surface area contributed by atoms with E-state index in [9.17, 15) is 0 Å². The number of benzene rings is 1. The molecule has 4 heteroatoms. The molecular weight excluding hydrogens is 224 g/mol. The number of anilines is 1. The summed E-state index contributed by atoms with van der Waals surface area (Å²) in [5.74, 6) is 0. The van der Waals surface area contributed by atoms with E-state index in [2.05, 4.69) is 27.4 Å². The minimum atomic E-state index is 0.742. The van der Waals surface area contributed by atoms with Crippen LogP contribution in [0, 0.1) is 0 Å². The molecule has 1 aromatic carbocycles. The Kier molecular flexibility index (Phi) is 2.68. The summed E-state index contributed by atoms with van der Waals surface area (Å²) in [7, 11) is 1.99. The van der Waals surface area contributed by atoms with Crippen LogP contribution in [0.4, 0.5) is 5.69 Å². The first-order valence-corrected chi connectivity index (χ1v) is 5.87. The molecule has 0 aliphatic carbocycles. The van der Waals surface area contributed by atoms with Crippen LogP contribution in [0.15, 0.2) is 49.1 Å². The van der Waals surface area contributed by atoms with Crippen molar-refractivity contribution in [3.63, 3.8) is 0 Å². The topological polar surface area (TPSA) is 42.7 Å². The summed E-state index contributed by atoms with van der Waals surface area (Å²) >= 11 is 0. The standard InChI is InChI=1S/C14H14N4/c1-18-10-15-8-12(18)9-17-13-6-2-4-11-5-3-7-16-14(11)13/h2-8,10,17H,9H2,1H3. The molecular formula is C14H14N4. The van der Waals surface area contributed by atoms with Crippen LogP contribution in [0.5, 0.6) is 0 Å². The van der Waals surface area contributed by atoms with E-state index in [4.69, 9.17) is 0 Å². The van der Waals surface area contributed by atoms with Crippen LogP contribution in [0.25, 0.3) is 10.9 Å². The highest BCUT2D eigenvalue weighted by Gasteiger charge is 2.02. The van der Waals surface area contributed by atoms with E-state index in [1.165, 1.54) is 0 Å². The highest BCUT2D eigenvalue weighted by Crippen LogP contribution is 2.21. The monoisotopic (exact) mass is 238 g/mol. The van der Waals surface area contributed by atoms with E-state index in [1.54, 1.807) is 6.33 Å². The third kappa shape index (κ3) is 1.93. The molecule has 3 aromatic rings. The van der Waals surface area contributed by atoms with Gasteiger partial charge in [-0.05, 0) is 12.1 Å². The lowest BCUT2D eigenvalue weighted by atomic mass is 10.2. The fraction of sp³-hybridized carbons (Fsp3) is 0.143. The van der Waals surface area contributed by atoms with Gasteiger partial charge in [0.05, 0.1) is 29.8 Å². The molecule has 0 radical (unpaired) electrons. The highest BCUT2D eigenvalue weighted by atomic mass is 15.0. The van der Waals surface area contributed by atoms with Crippen molar-refractivity contribution in [1.82, 2.24) is 14.5 Å². The fourth-order valence-corrected chi connectivity index (χ4v) is 1.99. The maximum atomic E-state index is 4.42. The summed E-state index contributed by atoms with van der Waals surface area (Å²) in [6, 6.07) is 10.2. The normalized spacial score (nSPS) is 10.7. The van der Waals surface area contributed by atoms with Gasteiger partial charge in [0.2, 0.25) is 0 Å². The minimum absolute atomic E-state index is 0.742. The molecule has 0 saturated heterocycles. The molecule has 0 fully saturated rings. The third-order valence-electron chi connectivity index (χ3n) is 3.01. The summed E-state index contributed by atoms with van der Waals surface area (Å²) in [5.41, 5.74) is 3.19. The number of nitrogens with one attached hydrogen (secondary N) is 1. The van der Waals surface area contributed by atoms with Crippen molar-refractivity contribution in [1.29, 1.82) is 0 Å². The van der Waals surface area contributed by atoms with Gasteiger partial charge in [-0.15, -0.1) is 0 Å². The van der Waals surface area contributed by atoms with Crippen molar-refractivity contribution in [3.8, 4) is 0 Å². The SMILES string of the molecule is Cn1cncc1CNc1cccc2cccnc12. The Hall–Kier alpha value is -2.36. The van der Waals surface area contributed by atoms with Crippen LogP contribution in [0.1, 0.15) is 5.69 Å². The number of pyridine rings is 1. The van der Waals surface area contributed by atoms with E-state index >= 15 is 0 Å². The van der Waals surface area contributed by atoms with E-state index < -0.39 is 0 Å². The average Bonchev–Trinajstić information content (AvgIpc) is 2.82. The van der Waals surface area contributed by atoms with Crippen molar-refractivity contribution in [3.05, 3.63) is 54.7 Å². The van der Waals surface area contributed by atoms with Gasteiger partial charge < -0.3 is 9.88 Å². The number of para-hydroxylation sites is 1.